The number of nitrogens with zero attached hydrogens (tertiary/aromatic N) is 1. The minimum absolute atomic E-state index is 0.0835. The zero-order valence-corrected chi connectivity index (χ0v) is 14.0. The quantitative estimate of drug-likeness (QED) is 0.638. The van der Waals surface area contributed by atoms with Crippen molar-refractivity contribution in [1.29, 1.82) is 0 Å². The highest BCUT2D eigenvalue weighted by Crippen LogP contribution is 2.23. The van der Waals surface area contributed by atoms with Gasteiger partial charge in [-0.15, -0.1) is 0 Å². The molecule has 0 aliphatic rings. The lowest BCUT2D eigenvalue weighted by molar-refractivity contribution is -0.116. The van der Waals surface area contributed by atoms with Crippen LogP contribution in [0.5, 0.6) is 5.75 Å². The van der Waals surface area contributed by atoms with Crippen molar-refractivity contribution in [3.05, 3.63) is 53.0 Å². The number of imidazole rings is 1. The number of benzene rings is 2. The van der Waals surface area contributed by atoms with E-state index in [-0.39, 0.29) is 5.91 Å². The van der Waals surface area contributed by atoms with Crippen LogP contribution in [0.25, 0.3) is 11.0 Å². The smallest absolute Gasteiger partial charge is 0.226 e. The number of halogens is 1. The maximum atomic E-state index is 11.9. The molecular weight excluding hydrogens is 358 g/mol. The van der Waals surface area contributed by atoms with E-state index in [1.165, 1.54) is 0 Å². The van der Waals surface area contributed by atoms with E-state index in [0.717, 1.165) is 21.3 Å². The summed E-state index contributed by atoms with van der Waals surface area (Å²) in [4.78, 5) is 19.3. The zero-order chi connectivity index (χ0) is 16.1. The number of nitrogens with one attached hydrogen (secondary N) is 2. The number of H-pyrrole nitrogens is 1. The maximum Gasteiger partial charge on any atom is 0.226 e. The van der Waals surface area contributed by atoms with Crippen LogP contribution in [-0.2, 0) is 4.79 Å². The monoisotopic (exact) mass is 373 g/mol. The van der Waals surface area contributed by atoms with E-state index in [4.69, 9.17) is 4.74 Å². The van der Waals surface area contributed by atoms with Crippen LogP contribution in [0, 0.1) is 0 Å². The molecule has 0 atom stereocenters. The fourth-order valence-corrected chi connectivity index (χ4v) is 2.58. The average molecular weight is 374 g/mol. The fraction of sp³-hybridized carbons (Fsp3) is 0.176. The van der Waals surface area contributed by atoms with Gasteiger partial charge in [0.25, 0.3) is 0 Å². The molecule has 2 aromatic carbocycles. The van der Waals surface area contributed by atoms with Crippen LogP contribution < -0.4 is 10.1 Å². The van der Waals surface area contributed by atoms with Gasteiger partial charge in [0.15, 0.2) is 0 Å². The molecule has 1 aromatic heterocycles. The van der Waals surface area contributed by atoms with E-state index in [2.05, 4.69) is 31.2 Å². The second-order valence-electron chi connectivity index (χ2n) is 5.03. The third kappa shape index (κ3) is 4.10. The molecule has 0 aliphatic heterocycles. The summed E-state index contributed by atoms with van der Waals surface area (Å²) in [7, 11) is 0. The highest BCUT2D eigenvalue weighted by Gasteiger charge is 2.07. The lowest BCUT2D eigenvalue weighted by Crippen LogP contribution is -2.13. The third-order valence-corrected chi connectivity index (χ3v) is 3.94. The summed E-state index contributed by atoms with van der Waals surface area (Å²) >= 11 is 3.42. The molecule has 0 spiro atoms. The van der Waals surface area contributed by atoms with Gasteiger partial charge < -0.3 is 9.72 Å². The number of rotatable bonds is 6. The summed E-state index contributed by atoms with van der Waals surface area (Å²) in [6.45, 7) is 0.482. The van der Waals surface area contributed by atoms with Gasteiger partial charge in [-0.05, 0) is 46.6 Å². The molecule has 1 heterocycles. The van der Waals surface area contributed by atoms with Crippen LogP contribution in [0.4, 0.5) is 5.95 Å². The van der Waals surface area contributed by atoms with Crippen molar-refractivity contribution in [2.45, 2.75) is 12.8 Å². The summed E-state index contributed by atoms with van der Waals surface area (Å²) < 4.78 is 6.54. The Morgan fingerprint density at radius 1 is 1.17 bits per heavy atom. The Morgan fingerprint density at radius 3 is 2.78 bits per heavy atom. The Kier molecular flexibility index (Phi) is 4.92. The van der Waals surface area contributed by atoms with Crippen molar-refractivity contribution < 1.29 is 9.53 Å². The molecule has 6 heteroatoms. The van der Waals surface area contributed by atoms with Crippen LogP contribution in [-0.4, -0.2) is 22.5 Å². The van der Waals surface area contributed by atoms with E-state index in [0.29, 0.717) is 25.4 Å². The topological polar surface area (TPSA) is 67.0 Å². The van der Waals surface area contributed by atoms with Gasteiger partial charge >= 0.3 is 0 Å². The number of hydrogen-bond acceptors (Lipinski definition) is 3. The van der Waals surface area contributed by atoms with Crippen molar-refractivity contribution in [2.24, 2.45) is 0 Å². The molecular formula is C17H16BrN3O2. The Bertz CT molecular complexity index is 783. The normalized spacial score (nSPS) is 10.7. The van der Waals surface area contributed by atoms with Crippen LogP contribution in [0.1, 0.15) is 12.8 Å². The third-order valence-electron chi connectivity index (χ3n) is 3.29. The van der Waals surface area contributed by atoms with E-state index >= 15 is 0 Å². The number of fused-ring (bicyclic) bond motifs is 1. The SMILES string of the molecule is O=C(CCCOc1ccccc1Br)Nc1nc2ccccc2[nH]1. The molecule has 0 saturated carbocycles. The molecule has 0 fully saturated rings. The number of aromatic amines is 1. The van der Waals surface area contributed by atoms with Crippen molar-refractivity contribution in [1.82, 2.24) is 9.97 Å². The van der Waals surface area contributed by atoms with Gasteiger partial charge in [0.1, 0.15) is 5.75 Å². The number of hydrogen-bond donors (Lipinski definition) is 2. The van der Waals surface area contributed by atoms with E-state index in [1.807, 2.05) is 48.5 Å². The van der Waals surface area contributed by atoms with Gasteiger partial charge in [0.2, 0.25) is 11.9 Å². The first kappa shape index (κ1) is 15.6. The lowest BCUT2D eigenvalue weighted by Gasteiger charge is -2.07. The predicted molar refractivity (Wildman–Crippen MR) is 93.6 cm³/mol. The van der Waals surface area contributed by atoms with E-state index < -0.39 is 0 Å². The molecule has 2 N–H and O–H groups in total. The molecule has 3 aromatic rings. The lowest BCUT2D eigenvalue weighted by atomic mass is 10.3. The standard InChI is InChI=1S/C17H16BrN3O2/c18-12-6-1-4-9-15(12)23-11-5-10-16(22)21-17-19-13-7-2-3-8-14(13)20-17/h1-4,6-9H,5,10-11H2,(H2,19,20,21,22). The molecule has 118 valence electrons. The van der Waals surface area contributed by atoms with Gasteiger partial charge in [0.05, 0.1) is 22.1 Å². The summed E-state index contributed by atoms with van der Waals surface area (Å²) in [6, 6.07) is 15.3. The number of aromatic nitrogens is 2. The molecule has 1 amide bonds. The van der Waals surface area contributed by atoms with Crippen molar-refractivity contribution >= 4 is 38.8 Å². The summed E-state index contributed by atoms with van der Waals surface area (Å²) in [5.74, 6) is 1.17. The van der Waals surface area contributed by atoms with Crippen molar-refractivity contribution in [3.8, 4) is 5.75 Å². The molecule has 3 rings (SSSR count). The Hall–Kier alpha value is -2.34. The minimum Gasteiger partial charge on any atom is -0.492 e. The Balaban J connectivity index is 1.45. The van der Waals surface area contributed by atoms with Crippen LogP contribution >= 0.6 is 15.9 Å². The Labute approximate surface area is 142 Å². The molecule has 0 unspecified atom stereocenters. The van der Waals surface area contributed by atoms with Gasteiger partial charge in [-0.3, -0.25) is 10.1 Å². The zero-order valence-electron chi connectivity index (χ0n) is 12.4. The summed E-state index contributed by atoms with van der Waals surface area (Å²) in [6.07, 6.45) is 1.01. The van der Waals surface area contributed by atoms with E-state index in [1.54, 1.807) is 0 Å². The summed E-state index contributed by atoms with van der Waals surface area (Å²) in [5, 5.41) is 2.77. The van der Waals surface area contributed by atoms with Gasteiger partial charge in [-0.1, -0.05) is 24.3 Å². The van der Waals surface area contributed by atoms with Crippen molar-refractivity contribution in [3.63, 3.8) is 0 Å². The molecule has 0 radical (unpaired) electrons. The van der Waals surface area contributed by atoms with Gasteiger partial charge in [-0.2, -0.15) is 0 Å². The number of anilines is 1. The highest BCUT2D eigenvalue weighted by atomic mass is 79.9. The van der Waals surface area contributed by atoms with Crippen LogP contribution in [0.15, 0.2) is 53.0 Å². The minimum atomic E-state index is -0.0835. The van der Waals surface area contributed by atoms with Gasteiger partial charge in [-0.25, -0.2) is 4.98 Å². The van der Waals surface area contributed by atoms with Crippen LogP contribution in [0.3, 0.4) is 0 Å². The number of carbonyl (C=O) groups is 1. The maximum absolute atomic E-state index is 11.9. The Morgan fingerprint density at radius 2 is 1.96 bits per heavy atom. The first-order chi connectivity index (χ1) is 11.2. The number of carbonyl (C=O) groups excluding carboxylic acids is 1. The van der Waals surface area contributed by atoms with Crippen molar-refractivity contribution in [2.75, 3.05) is 11.9 Å². The second-order valence-corrected chi connectivity index (χ2v) is 5.89. The largest absolute Gasteiger partial charge is 0.492 e. The first-order valence-electron chi connectivity index (χ1n) is 7.34. The molecule has 23 heavy (non-hydrogen) atoms. The molecule has 5 nitrogen and oxygen atoms in total. The number of amides is 1. The molecule has 0 saturated heterocycles. The van der Waals surface area contributed by atoms with Crippen LogP contribution in [0.2, 0.25) is 0 Å². The predicted octanol–water partition coefficient (Wildman–Crippen LogP) is 4.12. The molecule has 0 bridgehead atoms. The fourth-order valence-electron chi connectivity index (χ4n) is 2.18. The van der Waals surface area contributed by atoms with E-state index in [9.17, 15) is 4.79 Å². The molecule has 0 aliphatic carbocycles. The second kappa shape index (κ2) is 7.28. The first-order valence-corrected chi connectivity index (χ1v) is 8.13. The summed E-state index contributed by atoms with van der Waals surface area (Å²) in [5.41, 5.74) is 1.74. The average Bonchev–Trinajstić information content (AvgIpc) is 2.95. The number of ether oxygens (including phenoxy) is 1. The highest BCUT2D eigenvalue weighted by molar-refractivity contribution is 9.10. The number of para-hydroxylation sites is 3. The van der Waals surface area contributed by atoms with Gasteiger partial charge in [0, 0.05) is 6.42 Å².